The molecule has 1 aromatic heterocycles. The van der Waals surface area contributed by atoms with Crippen LogP contribution >= 0.6 is 0 Å². The molecule has 10 heteroatoms. The van der Waals surface area contributed by atoms with Gasteiger partial charge in [-0.25, -0.2) is 9.59 Å². The molecule has 2 atom stereocenters. The highest BCUT2D eigenvalue weighted by Gasteiger charge is 2.39. The summed E-state index contributed by atoms with van der Waals surface area (Å²) in [7, 11) is 0. The van der Waals surface area contributed by atoms with Gasteiger partial charge in [0.1, 0.15) is 12.2 Å². The monoisotopic (exact) mass is 488 g/mol. The highest BCUT2D eigenvalue weighted by Crippen LogP contribution is 2.24. The summed E-state index contributed by atoms with van der Waals surface area (Å²) >= 11 is 0. The summed E-state index contributed by atoms with van der Waals surface area (Å²) in [5.41, 5.74) is 0.567. The van der Waals surface area contributed by atoms with Crippen molar-refractivity contribution < 1.29 is 28.6 Å². The molecule has 10 nitrogen and oxygen atoms in total. The van der Waals surface area contributed by atoms with Crippen molar-refractivity contribution in [2.45, 2.75) is 71.7 Å². The molecule has 0 spiro atoms. The lowest BCUT2D eigenvalue weighted by Crippen LogP contribution is -2.43. The number of para-hydroxylation sites is 1. The van der Waals surface area contributed by atoms with Crippen LogP contribution in [0.4, 0.5) is 4.79 Å². The van der Waals surface area contributed by atoms with E-state index in [1.54, 1.807) is 32.6 Å². The van der Waals surface area contributed by atoms with Gasteiger partial charge in [-0.05, 0) is 54.0 Å². The number of nitrogens with zero attached hydrogens (tertiary/aromatic N) is 3. The van der Waals surface area contributed by atoms with Gasteiger partial charge in [-0.2, -0.15) is 5.10 Å². The number of hydrogen-bond acceptors (Lipinski definition) is 7. The molecule has 0 aliphatic carbocycles. The van der Waals surface area contributed by atoms with Gasteiger partial charge in [-0.1, -0.05) is 18.2 Å². The van der Waals surface area contributed by atoms with Crippen LogP contribution in [0.25, 0.3) is 10.9 Å². The normalized spacial score (nSPS) is 18.2. The highest BCUT2D eigenvalue weighted by molar-refractivity contribution is 6.05. The van der Waals surface area contributed by atoms with Gasteiger partial charge >= 0.3 is 12.1 Å². The van der Waals surface area contributed by atoms with Gasteiger partial charge < -0.3 is 24.4 Å². The number of carbonyl (C=O) groups is 3. The van der Waals surface area contributed by atoms with Crippen LogP contribution in [0.5, 0.6) is 0 Å². The highest BCUT2D eigenvalue weighted by atomic mass is 16.6. The van der Waals surface area contributed by atoms with E-state index in [4.69, 9.17) is 14.2 Å². The molecule has 2 heterocycles. The summed E-state index contributed by atoms with van der Waals surface area (Å²) in [5, 5.41) is 8.36. The molecule has 35 heavy (non-hydrogen) atoms. The van der Waals surface area contributed by atoms with Crippen LogP contribution in [0, 0.1) is 0 Å². The van der Waals surface area contributed by atoms with Crippen molar-refractivity contribution in [2.75, 3.05) is 26.4 Å². The molecule has 2 aromatic rings. The van der Waals surface area contributed by atoms with Crippen molar-refractivity contribution in [3.05, 3.63) is 30.0 Å². The largest absolute Gasteiger partial charge is 0.464 e. The molecular weight excluding hydrogens is 452 g/mol. The number of fused-ring (bicyclic) bond motifs is 1. The van der Waals surface area contributed by atoms with Gasteiger partial charge in [0.15, 0.2) is 5.69 Å². The average Bonchev–Trinajstić information content (AvgIpc) is 3.34. The fraction of sp³-hybridized carbons (Fsp3) is 0.600. The topological polar surface area (TPSA) is 112 Å². The number of rotatable bonds is 8. The zero-order chi connectivity index (χ0) is 25.8. The van der Waals surface area contributed by atoms with E-state index in [0.717, 1.165) is 10.9 Å². The Morgan fingerprint density at radius 3 is 2.57 bits per heavy atom. The van der Waals surface area contributed by atoms with Crippen LogP contribution in [0.3, 0.4) is 0 Å². The fourth-order valence-corrected chi connectivity index (χ4v) is 4.11. The molecular formula is C25H36N4O6. The predicted octanol–water partition coefficient (Wildman–Crippen LogP) is 3.30. The van der Waals surface area contributed by atoms with E-state index in [1.807, 2.05) is 42.8 Å². The number of aromatic nitrogens is 2. The molecule has 1 saturated heterocycles. The number of ether oxygens (including phenoxy) is 3. The summed E-state index contributed by atoms with van der Waals surface area (Å²) in [5.74, 6) is -0.769. The van der Waals surface area contributed by atoms with Crippen LogP contribution < -0.4 is 5.32 Å². The SMILES string of the molecule is CCOC(=O)COC[C@@H]1C[C@H](NC(=O)c2nn(C(C)C)c3ccccc23)CN1C(=O)OC(C)(C)C. The molecule has 3 rings (SSSR count). The van der Waals surface area contributed by atoms with Crippen LogP contribution in [0.15, 0.2) is 24.3 Å². The number of hydrogen-bond donors (Lipinski definition) is 1. The standard InChI is InChI=1S/C25H36N4O6/c1-7-34-21(30)15-33-14-18-12-17(13-28(18)24(32)35-25(4,5)6)26-23(31)22-19-10-8-9-11-20(19)29(27-22)16(2)3/h8-11,16-18H,7,12-15H2,1-6H3,(H,26,31)/t17-,18-/m0/s1. The van der Waals surface area contributed by atoms with Crippen LogP contribution in [0.1, 0.15) is 64.5 Å². The van der Waals surface area contributed by atoms with E-state index in [1.165, 1.54) is 0 Å². The fourth-order valence-electron chi connectivity index (χ4n) is 4.11. The summed E-state index contributed by atoms with van der Waals surface area (Å²) in [6.45, 7) is 11.6. The second-order valence-corrected chi connectivity index (χ2v) is 9.92. The van der Waals surface area contributed by atoms with Crippen LogP contribution in [-0.2, 0) is 19.0 Å². The van der Waals surface area contributed by atoms with E-state index >= 15 is 0 Å². The molecule has 1 fully saturated rings. The minimum atomic E-state index is -0.669. The van der Waals surface area contributed by atoms with E-state index in [9.17, 15) is 14.4 Å². The first-order chi connectivity index (χ1) is 16.5. The van der Waals surface area contributed by atoms with Gasteiger partial charge in [0.05, 0.1) is 24.8 Å². The maximum Gasteiger partial charge on any atom is 0.410 e. The Labute approximate surface area is 205 Å². The van der Waals surface area contributed by atoms with Crippen molar-refractivity contribution in [1.29, 1.82) is 0 Å². The Kier molecular flexibility index (Phi) is 8.37. The maximum atomic E-state index is 13.2. The number of amides is 2. The molecule has 0 bridgehead atoms. The molecule has 0 unspecified atom stereocenters. The van der Waals surface area contributed by atoms with E-state index in [0.29, 0.717) is 12.1 Å². The Bertz CT molecular complexity index is 1060. The Morgan fingerprint density at radius 2 is 1.91 bits per heavy atom. The predicted molar refractivity (Wildman–Crippen MR) is 130 cm³/mol. The molecule has 1 aromatic carbocycles. The number of carbonyl (C=O) groups excluding carboxylic acids is 3. The maximum absolute atomic E-state index is 13.2. The number of esters is 1. The lowest BCUT2D eigenvalue weighted by atomic mass is 10.1. The quantitative estimate of drug-likeness (QED) is 0.568. The third-order valence-electron chi connectivity index (χ3n) is 5.53. The van der Waals surface area contributed by atoms with E-state index in [2.05, 4.69) is 10.4 Å². The van der Waals surface area contributed by atoms with Crippen molar-refractivity contribution in [3.63, 3.8) is 0 Å². The molecule has 1 aliphatic heterocycles. The molecule has 0 saturated carbocycles. The Morgan fingerprint density at radius 1 is 1.20 bits per heavy atom. The lowest BCUT2D eigenvalue weighted by Gasteiger charge is -2.28. The molecule has 192 valence electrons. The molecule has 2 amide bonds. The summed E-state index contributed by atoms with van der Waals surface area (Å²) < 4.78 is 17.8. The van der Waals surface area contributed by atoms with Crippen molar-refractivity contribution in [3.8, 4) is 0 Å². The molecule has 1 aliphatic rings. The first-order valence-electron chi connectivity index (χ1n) is 12.0. The molecule has 1 N–H and O–H groups in total. The number of benzene rings is 1. The van der Waals surface area contributed by atoms with Crippen molar-refractivity contribution in [1.82, 2.24) is 20.0 Å². The van der Waals surface area contributed by atoms with Gasteiger partial charge in [0, 0.05) is 24.0 Å². The Hall–Kier alpha value is -3.14. The van der Waals surface area contributed by atoms with Crippen molar-refractivity contribution in [2.24, 2.45) is 0 Å². The first-order valence-corrected chi connectivity index (χ1v) is 12.0. The third kappa shape index (κ3) is 6.72. The minimum absolute atomic E-state index is 0.0940. The Balaban J connectivity index is 1.73. The minimum Gasteiger partial charge on any atom is -0.464 e. The second-order valence-electron chi connectivity index (χ2n) is 9.92. The van der Waals surface area contributed by atoms with Gasteiger partial charge in [0.25, 0.3) is 5.91 Å². The first kappa shape index (κ1) is 26.5. The van der Waals surface area contributed by atoms with Gasteiger partial charge in [-0.3, -0.25) is 9.48 Å². The summed E-state index contributed by atoms with van der Waals surface area (Å²) in [4.78, 5) is 39.3. The zero-order valence-electron chi connectivity index (χ0n) is 21.4. The zero-order valence-corrected chi connectivity index (χ0v) is 21.4. The van der Waals surface area contributed by atoms with E-state index in [-0.39, 0.29) is 50.4 Å². The van der Waals surface area contributed by atoms with E-state index < -0.39 is 17.7 Å². The third-order valence-corrected chi connectivity index (χ3v) is 5.53. The number of nitrogens with one attached hydrogen (secondary N) is 1. The van der Waals surface area contributed by atoms with Crippen LogP contribution in [-0.4, -0.2) is 76.7 Å². The lowest BCUT2D eigenvalue weighted by molar-refractivity contribution is -0.148. The summed E-state index contributed by atoms with van der Waals surface area (Å²) in [6.07, 6.45) is -0.0371. The molecule has 0 radical (unpaired) electrons. The number of likely N-dealkylation sites (tertiary alicyclic amines) is 1. The average molecular weight is 489 g/mol. The summed E-state index contributed by atoms with van der Waals surface area (Å²) in [6, 6.07) is 7.02. The van der Waals surface area contributed by atoms with Gasteiger partial charge in [0.2, 0.25) is 0 Å². The van der Waals surface area contributed by atoms with Gasteiger partial charge in [-0.15, -0.1) is 0 Å². The smallest absolute Gasteiger partial charge is 0.410 e. The van der Waals surface area contributed by atoms with Crippen LogP contribution in [0.2, 0.25) is 0 Å². The van der Waals surface area contributed by atoms with Crippen molar-refractivity contribution >= 4 is 28.9 Å². The second kappa shape index (κ2) is 11.1.